The summed E-state index contributed by atoms with van der Waals surface area (Å²) in [4.78, 5) is 23.5. The summed E-state index contributed by atoms with van der Waals surface area (Å²) in [5.41, 5.74) is 0. The lowest BCUT2D eigenvalue weighted by molar-refractivity contribution is -0.146. The highest BCUT2D eigenvalue weighted by atomic mass is 16.4. The maximum absolute atomic E-state index is 12.3. The first kappa shape index (κ1) is 14.4. The Morgan fingerprint density at radius 3 is 2.32 bits per heavy atom. The van der Waals surface area contributed by atoms with Gasteiger partial charge in [0.05, 0.1) is 11.8 Å². The second-order valence-corrected chi connectivity index (χ2v) is 6.61. The van der Waals surface area contributed by atoms with Crippen LogP contribution in [0.15, 0.2) is 0 Å². The predicted octanol–water partition coefficient (Wildman–Crippen LogP) is 2.43. The Morgan fingerprint density at radius 2 is 1.68 bits per heavy atom. The molecule has 0 aromatic heterocycles. The van der Waals surface area contributed by atoms with Gasteiger partial charge in [-0.2, -0.15) is 0 Å². The number of carbonyl (C=O) groups excluding carboxylic acids is 1. The number of hydrogen-bond acceptors (Lipinski definition) is 2. The minimum absolute atomic E-state index is 0.0316. The van der Waals surface area contributed by atoms with Crippen molar-refractivity contribution >= 4 is 11.9 Å². The number of aliphatic carboxylic acids is 1. The van der Waals surface area contributed by atoms with E-state index in [1.54, 1.807) is 0 Å². The lowest BCUT2D eigenvalue weighted by Crippen LogP contribution is -2.43. The number of hydrogen-bond donors (Lipinski definition) is 2. The molecule has 0 aromatic carbocycles. The van der Waals surface area contributed by atoms with Gasteiger partial charge in [0.15, 0.2) is 0 Å². The van der Waals surface area contributed by atoms with Crippen LogP contribution in [0.4, 0.5) is 0 Å². The van der Waals surface area contributed by atoms with Crippen LogP contribution in [0.25, 0.3) is 0 Å². The van der Waals surface area contributed by atoms with E-state index in [0.717, 1.165) is 19.3 Å². The summed E-state index contributed by atoms with van der Waals surface area (Å²) in [6, 6.07) is 0.251. The first-order chi connectivity index (χ1) is 8.97. The van der Waals surface area contributed by atoms with Gasteiger partial charge in [-0.15, -0.1) is 0 Å². The Kier molecular flexibility index (Phi) is 4.48. The van der Waals surface area contributed by atoms with E-state index >= 15 is 0 Å². The topological polar surface area (TPSA) is 66.4 Å². The summed E-state index contributed by atoms with van der Waals surface area (Å²) in [7, 11) is 0. The van der Waals surface area contributed by atoms with E-state index in [9.17, 15) is 14.7 Å². The molecule has 5 atom stereocenters. The Balaban J connectivity index is 1.93. The Bertz CT molecular complexity index is 355. The van der Waals surface area contributed by atoms with Gasteiger partial charge in [0, 0.05) is 6.04 Å². The van der Waals surface area contributed by atoms with Crippen LogP contribution >= 0.6 is 0 Å². The maximum atomic E-state index is 12.3. The summed E-state index contributed by atoms with van der Waals surface area (Å²) in [5, 5.41) is 12.3. The lowest BCUT2D eigenvalue weighted by atomic mass is 9.86. The molecule has 2 rings (SSSR count). The van der Waals surface area contributed by atoms with Crippen LogP contribution < -0.4 is 5.32 Å². The molecule has 2 aliphatic carbocycles. The van der Waals surface area contributed by atoms with Crippen molar-refractivity contribution in [3.8, 4) is 0 Å². The zero-order valence-electron chi connectivity index (χ0n) is 11.9. The predicted molar refractivity (Wildman–Crippen MR) is 72.6 cm³/mol. The zero-order chi connectivity index (χ0) is 14.0. The molecule has 2 fully saturated rings. The SMILES string of the molecule is CC1CCCC(NC(=O)C2CC(C)CC2C(=O)O)C1. The summed E-state index contributed by atoms with van der Waals surface area (Å²) >= 11 is 0. The molecule has 0 aromatic rings. The van der Waals surface area contributed by atoms with Crippen LogP contribution in [-0.4, -0.2) is 23.0 Å². The van der Waals surface area contributed by atoms with Crippen molar-refractivity contribution in [2.45, 2.75) is 58.4 Å². The van der Waals surface area contributed by atoms with E-state index in [0.29, 0.717) is 24.7 Å². The molecule has 4 heteroatoms. The first-order valence-electron chi connectivity index (χ1n) is 7.50. The molecule has 1 amide bonds. The van der Waals surface area contributed by atoms with Gasteiger partial charge < -0.3 is 10.4 Å². The molecular formula is C15H25NO3. The summed E-state index contributed by atoms with van der Waals surface area (Å²) in [6.07, 6.45) is 5.82. The Morgan fingerprint density at radius 1 is 1.00 bits per heavy atom. The molecule has 0 radical (unpaired) electrons. The van der Waals surface area contributed by atoms with Crippen molar-refractivity contribution < 1.29 is 14.7 Å². The number of nitrogens with one attached hydrogen (secondary N) is 1. The van der Waals surface area contributed by atoms with Crippen molar-refractivity contribution in [1.29, 1.82) is 0 Å². The first-order valence-corrected chi connectivity index (χ1v) is 7.50. The normalized spacial score (nSPS) is 38.9. The minimum atomic E-state index is -0.818. The van der Waals surface area contributed by atoms with Crippen molar-refractivity contribution in [3.05, 3.63) is 0 Å². The van der Waals surface area contributed by atoms with E-state index in [-0.39, 0.29) is 17.9 Å². The third kappa shape index (κ3) is 3.48. The highest BCUT2D eigenvalue weighted by Crippen LogP contribution is 2.37. The largest absolute Gasteiger partial charge is 0.481 e. The number of carboxylic acids is 1. The van der Waals surface area contributed by atoms with Gasteiger partial charge >= 0.3 is 5.97 Å². The van der Waals surface area contributed by atoms with E-state index in [1.807, 2.05) is 6.92 Å². The number of rotatable bonds is 3. The van der Waals surface area contributed by atoms with Gasteiger partial charge in [0.25, 0.3) is 0 Å². The minimum Gasteiger partial charge on any atom is -0.481 e. The van der Waals surface area contributed by atoms with Crippen molar-refractivity contribution in [1.82, 2.24) is 5.32 Å². The van der Waals surface area contributed by atoms with Crippen LogP contribution in [0.1, 0.15) is 52.4 Å². The summed E-state index contributed by atoms with van der Waals surface area (Å²) in [6.45, 7) is 4.25. The van der Waals surface area contributed by atoms with E-state index in [1.165, 1.54) is 6.42 Å². The third-order valence-electron chi connectivity index (χ3n) is 4.74. The molecule has 0 spiro atoms. The van der Waals surface area contributed by atoms with Crippen LogP contribution in [0.2, 0.25) is 0 Å². The average molecular weight is 267 g/mol. The van der Waals surface area contributed by atoms with Gasteiger partial charge in [-0.05, 0) is 37.5 Å². The molecule has 2 N–H and O–H groups in total. The van der Waals surface area contributed by atoms with Gasteiger partial charge in [-0.1, -0.05) is 26.7 Å². The lowest BCUT2D eigenvalue weighted by Gasteiger charge is -2.29. The van der Waals surface area contributed by atoms with Crippen molar-refractivity contribution in [3.63, 3.8) is 0 Å². The van der Waals surface area contributed by atoms with Gasteiger partial charge in [0.2, 0.25) is 5.91 Å². The molecule has 0 aliphatic heterocycles. The highest BCUT2D eigenvalue weighted by molar-refractivity contribution is 5.85. The fraction of sp³-hybridized carbons (Fsp3) is 0.867. The monoisotopic (exact) mass is 267 g/mol. The smallest absolute Gasteiger partial charge is 0.307 e. The number of carbonyl (C=O) groups is 2. The molecule has 108 valence electrons. The van der Waals surface area contributed by atoms with Crippen LogP contribution in [0.5, 0.6) is 0 Å². The van der Waals surface area contributed by atoms with E-state index < -0.39 is 11.9 Å². The molecule has 2 aliphatic rings. The number of carboxylic acid groups (broad SMARTS) is 1. The van der Waals surface area contributed by atoms with Gasteiger partial charge in [-0.25, -0.2) is 0 Å². The fourth-order valence-electron chi connectivity index (χ4n) is 3.73. The average Bonchev–Trinajstić information content (AvgIpc) is 2.71. The zero-order valence-corrected chi connectivity index (χ0v) is 11.9. The molecule has 4 nitrogen and oxygen atoms in total. The van der Waals surface area contributed by atoms with Gasteiger partial charge in [-0.3, -0.25) is 9.59 Å². The third-order valence-corrected chi connectivity index (χ3v) is 4.74. The Hall–Kier alpha value is -1.06. The highest BCUT2D eigenvalue weighted by Gasteiger charge is 2.41. The summed E-state index contributed by atoms with van der Waals surface area (Å²) < 4.78 is 0. The van der Waals surface area contributed by atoms with Crippen LogP contribution in [0, 0.1) is 23.7 Å². The van der Waals surface area contributed by atoms with Gasteiger partial charge in [0.1, 0.15) is 0 Å². The quantitative estimate of drug-likeness (QED) is 0.825. The molecule has 5 unspecified atom stereocenters. The number of amides is 1. The molecule has 19 heavy (non-hydrogen) atoms. The van der Waals surface area contributed by atoms with Crippen molar-refractivity contribution in [2.24, 2.45) is 23.7 Å². The fourth-order valence-corrected chi connectivity index (χ4v) is 3.73. The Labute approximate surface area is 115 Å². The maximum Gasteiger partial charge on any atom is 0.307 e. The second-order valence-electron chi connectivity index (χ2n) is 6.61. The van der Waals surface area contributed by atoms with E-state index in [4.69, 9.17) is 0 Å². The molecular weight excluding hydrogens is 242 g/mol. The van der Waals surface area contributed by atoms with Crippen molar-refractivity contribution in [2.75, 3.05) is 0 Å². The van der Waals surface area contributed by atoms with Crippen LogP contribution in [0.3, 0.4) is 0 Å². The van der Waals surface area contributed by atoms with Crippen LogP contribution in [-0.2, 0) is 9.59 Å². The molecule has 2 saturated carbocycles. The molecule has 0 heterocycles. The summed E-state index contributed by atoms with van der Waals surface area (Å²) in [5.74, 6) is -0.669. The molecule has 0 saturated heterocycles. The molecule has 0 bridgehead atoms. The standard InChI is InChI=1S/C15H25NO3/c1-9-4-3-5-11(6-9)16-14(17)12-7-10(2)8-13(12)15(18)19/h9-13H,3-8H2,1-2H3,(H,16,17)(H,18,19). The second kappa shape index (κ2) is 5.93. The van der Waals surface area contributed by atoms with E-state index in [2.05, 4.69) is 12.2 Å².